The lowest BCUT2D eigenvalue weighted by Crippen LogP contribution is -2.31. The molecule has 0 saturated heterocycles. The van der Waals surface area contributed by atoms with Gasteiger partial charge in [0.2, 0.25) is 0 Å². The van der Waals surface area contributed by atoms with Crippen LogP contribution in [0.1, 0.15) is 24.1 Å². The zero-order chi connectivity index (χ0) is 17.6. The molecule has 0 saturated carbocycles. The molecular formula is C18H19N3O3S. The molecule has 2 heterocycles. The Hall–Kier alpha value is -2.67. The number of aromatic nitrogens is 2. The summed E-state index contributed by atoms with van der Waals surface area (Å²) in [6.07, 6.45) is 3.72. The van der Waals surface area contributed by atoms with Gasteiger partial charge in [-0.2, -0.15) is 0 Å². The fraction of sp³-hybridized carbons (Fsp3) is 0.278. The molecule has 0 radical (unpaired) electrons. The maximum Gasteiger partial charge on any atom is 0.312 e. The number of hydrogen-bond acceptors (Lipinski definition) is 5. The molecule has 1 aromatic carbocycles. The van der Waals surface area contributed by atoms with Crippen molar-refractivity contribution in [2.45, 2.75) is 19.3 Å². The van der Waals surface area contributed by atoms with Crippen LogP contribution in [0.25, 0.3) is 4.96 Å². The van der Waals surface area contributed by atoms with E-state index in [1.165, 1.54) is 11.3 Å². The number of nitrogens with zero attached hydrogens (tertiary/aromatic N) is 2. The van der Waals surface area contributed by atoms with Gasteiger partial charge in [0, 0.05) is 24.3 Å². The Bertz CT molecular complexity index is 828. The number of carbonyl (C=O) groups is 2. The summed E-state index contributed by atoms with van der Waals surface area (Å²) in [5.74, 6) is -0.571. The van der Waals surface area contributed by atoms with Gasteiger partial charge in [0.15, 0.2) is 11.6 Å². The van der Waals surface area contributed by atoms with Gasteiger partial charge in [0.1, 0.15) is 0 Å². The van der Waals surface area contributed by atoms with Gasteiger partial charge in [-0.1, -0.05) is 37.3 Å². The van der Waals surface area contributed by atoms with Gasteiger partial charge in [0.05, 0.1) is 12.1 Å². The highest BCUT2D eigenvalue weighted by Gasteiger charge is 2.12. The smallest absolute Gasteiger partial charge is 0.312 e. The largest absolute Gasteiger partial charge is 0.455 e. The van der Waals surface area contributed by atoms with Gasteiger partial charge < -0.3 is 10.1 Å². The van der Waals surface area contributed by atoms with Crippen molar-refractivity contribution in [1.82, 2.24) is 14.7 Å². The first-order valence-corrected chi connectivity index (χ1v) is 8.88. The van der Waals surface area contributed by atoms with E-state index in [9.17, 15) is 9.59 Å². The summed E-state index contributed by atoms with van der Waals surface area (Å²) in [6, 6.07) is 9.93. The number of benzene rings is 1. The number of carbonyl (C=O) groups excluding carboxylic acids is 2. The molecule has 7 heteroatoms. The van der Waals surface area contributed by atoms with E-state index in [4.69, 9.17) is 4.74 Å². The number of fused-ring (bicyclic) bond motifs is 1. The Morgan fingerprint density at radius 3 is 2.88 bits per heavy atom. The summed E-state index contributed by atoms with van der Waals surface area (Å²) in [4.78, 5) is 28.8. The van der Waals surface area contributed by atoms with Crippen molar-refractivity contribution in [3.05, 3.63) is 59.4 Å². The first kappa shape index (κ1) is 17.2. The molecular weight excluding hydrogens is 338 g/mol. The van der Waals surface area contributed by atoms with Crippen LogP contribution in [0.3, 0.4) is 0 Å². The molecule has 25 heavy (non-hydrogen) atoms. The third-order valence-electron chi connectivity index (χ3n) is 3.81. The van der Waals surface area contributed by atoms with E-state index in [-0.39, 0.29) is 24.9 Å². The van der Waals surface area contributed by atoms with Crippen LogP contribution in [0.5, 0.6) is 0 Å². The lowest BCUT2D eigenvalue weighted by molar-refractivity contribution is -0.147. The van der Waals surface area contributed by atoms with Gasteiger partial charge in [-0.3, -0.25) is 14.0 Å². The second-order valence-corrected chi connectivity index (χ2v) is 6.65. The summed E-state index contributed by atoms with van der Waals surface area (Å²) < 4.78 is 6.87. The van der Waals surface area contributed by atoms with Crippen LogP contribution in [0.4, 0.5) is 0 Å². The third kappa shape index (κ3) is 4.67. The number of thiazole rings is 1. The zero-order valence-corrected chi connectivity index (χ0v) is 14.7. The second kappa shape index (κ2) is 7.94. The molecule has 2 aromatic heterocycles. The number of nitrogens with one attached hydrogen (secondary N) is 1. The Kier molecular flexibility index (Phi) is 5.45. The van der Waals surface area contributed by atoms with E-state index < -0.39 is 5.97 Å². The summed E-state index contributed by atoms with van der Waals surface area (Å²) >= 11 is 1.50. The van der Waals surface area contributed by atoms with E-state index in [0.717, 1.165) is 10.5 Å². The predicted octanol–water partition coefficient (Wildman–Crippen LogP) is 2.40. The first-order chi connectivity index (χ1) is 12.1. The van der Waals surface area contributed by atoms with E-state index >= 15 is 0 Å². The monoisotopic (exact) mass is 357 g/mol. The molecule has 3 aromatic rings. The highest BCUT2D eigenvalue weighted by molar-refractivity contribution is 7.15. The molecule has 6 nitrogen and oxygen atoms in total. The molecule has 0 spiro atoms. The molecule has 0 aliphatic heterocycles. The molecule has 3 rings (SSSR count). The standard InChI is InChI=1S/C18H19N3O3S/c1-13(14-5-3-2-4-6-14)10-19-16(22)12-24-17(23)9-15-11-21-7-8-25-18(21)20-15/h2-8,11,13H,9-10,12H2,1H3,(H,19,22)/t13-/m0/s1. The third-order valence-corrected chi connectivity index (χ3v) is 4.58. The zero-order valence-electron chi connectivity index (χ0n) is 13.8. The van der Waals surface area contributed by atoms with Crippen LogP contribution in [0, 0.1) is 0 Å². The van der Waals surface area contributed by atoms with E-state index in [1.54, 1.807) is 6.20 Å². The van der Waals surface area contributed by atoms with Crippen molar-refractivity contribution >= 4 is 28.2 Å². The maximum absolute atomic E-state index is 11.8. The molecule has 0 aliphatic rings. The topological polar surface area (TPSA) is 72.7 Å². The molecule has 0 fully saturated rings. The fourth-order valence-corrected chi connectivity index (χ4v) is 3.14. The van der Waals surface area contributed by atoms with Gasteiger partial charge in [0.25, 0.3) is 5.91 Å². The normalized spacial score (nSPS) is 12.0. The quantitative estimate of drug-likeness (QED) is 0.659. The second-order valence-electron chi connectivity index (χ2n) is 5.78. The van der Waals surface area contributed by atoms with E-state index in [1.807, 2.05) is 53.2 Å². The SMILES string of the molecule is C[C@@H](CNC(=O)COC(=O)Cc1cn2ccsc2n1)c1ccccc1. The molecule has 1 atom stereocenters. The van der Waals surface area contributed by atoms with Crippen LogP contribution in [-0.2, 0) is 20.7 Å². The average molecular weight is 357 g/mol. The van der Waals surface area contributed by atoms with Crippen molar-refractivity contribution in [2.75, 3.05) is 13.2 Å². The summed E-state index contributed by atoms with van der Waals surface area (Å²) in [7, 11) is 0. The van der Waals surface area contributed by atoms with Crippen LogP contribution in [0.2, 0.25) is 0 Å². The minimum atomic E-state index is -0.461. The van der Waals surface area contributed by atoms with Gasteiger partial charge in [-0.05, 0) is 11.5 Å². The number of rotatable bonds is 7. The van der Waals surface area contributed by atoms with Gasteiger partial charge in [-0.15, -0.1) is 11.3 Å². The first-order valence-electron chi connectivity index (χ1n) is 8.00. The number of imidazole rings is 1. The predicted molar refractivity (Wildman–Crippen MR) is 95.6 cm³/mol. The minimum absolute atomic E-state index is 0.0576. The Labute approximate surface area is 149 Å². The van der Waals surface area contributed by atoms with Crippen molar-refractivity contribution in [1.29, 1.82) is 0 Å². The Balaban J connectivity index is 1.39. The summed E-state index contributed by atoms with van der Waals surface area (Å²) in [5.41, 5.74) is 1.79. The molecule has 130 valence electrons. The van der Waals surface area contributed by atoms with E-state index in [2.05, 4.69) is 10.3 Å². The number of hydrogen-bond donors (Lipinski definition) is 1. The summed E-state index contributed by atoms with van der Waals surface area (Å²) in [6.45, 7) is 2.26. The van der Waals surface area contributed by atoms with E-state index in [0.29, 0.717) is 12.2 Å². The van der Waals surface area contributed by atoms with Crippen molar-refractivity contribution in [2.24, 2.45) is 0 Å². The lowest BCUT2D eigenvalue weighted by Gasteiger charge is -2.13. The molecule has 1 amide bonds. The van der Waals surface area contributed by atoms with Crippen LogP contribution in [-0.4, -0.2) is 34.4 Å². The minimum Gasteiger partial charge on any atom is -0.455 e. The molecule has 0 unspecified atom stereocenters. The van der Waals surface area contributed by atoms with Gasteiger partial charge in [-0.25, -0.2) is 4.98 Å². The lowest BCUT2D eigenvalue weighted by atomic mass is 10.0. The highest BCUT2D eigenvalue weighted by Crippen LogP contribution is 2.13. The van der Waals surface area contributed by atoms with Gasteiger partial charge >= 0.3 is 5.97 Å². The van der Waals surface area contributed by atoms with Crippen LogP contribution < -0.4 is 5.32 Å². The molecule has 0 bridgehead atoms. The Morgan fingerprint density at radius 1 is 1.32 bits per heavy atom. The molecule has 0 aliphatic carbocycles. The number of amides is 1. The number of ether oxygens (including phenoxy) is 1. The maximum atomic E-state index is 11.8. The fourth-order valence-electron chi connectivity index (χ4n) is 2.42. The highest BCUT2D eigenvalue weighted by atomic mass is 32.1. The Morgan fingerprint density at radius 2 is 2.12 bits per heavy atom. The van der Waals surface area contributed by atoms with Crippen molar-refractivity contribution < 1.29 is 14.3 Å². The van der Waals surface area contributed by atoms with Crippen LogP contribution >= 0.6 is 11.3 Å². The molecule has 1 N–H and O–H groups in total. The van der Waals surface area contributed by atoms with Crippen LogP contribution in [0.15, 0.2) is 48.1 Å². The average Bonchev–Trinajstić information content (AvgIpc) is 3.20. The summed E-state index contributed by atoms with van der Waals surface area (Å²) in [5, 5.41) is 4.71. The van der Waals surface area contributed by atoms with Crippen molar-refractivity contribution in [3.63, 3.8) is 0 Å². The number of esters is 1. The van der Waals surface area contributed by atoms with Crippen molar-refractivity contribution in [3.8, 4) is 0 Å².